The lowest BCUT2D eigenvalue weighted by atomic mass is 10.1. The Kier molecular flexibility index (Phi) is 16.7. The Hall–Kier alpha value is -2.42. The second kappa shape index (κ2) is 17.9. The molecule has 0 aromatic carbocycles. The third-order valence-electron chi connectivity index (χ3n) is 5.23. The van der Waals surface area contributed by atoms with Crippen molar-refractivity contribution in [2.24, 2.45) is 22.9 Å². The molecule has 0 aromatic rings. The van der Waals surface area contributed by atoms with Crippen molar-refractivity contribution in [2.45, 2.75) is 82.6 Å². The van der Waals surface area contributed by atoms with E-state index in [1.54, 1.807) is 0 Å². The summed E-state index contributed by atoms with van der Waals surface area (Å²) in [5.74, 6) is -3.05. The number of thiol groups is 1. The second-order valence-corrected chi connectivity index (χ2v) is 8.71. The lowest BCUT2D eigenvalue weighted by Gasteiger charge is -2.24. The van der Waals surface area contributed by atoms with Crippen molar-refractivity contribution in [3.63, 3.8) is 0 Å². The summed E-state index contributed by atoms with van der Waals surface area (Å²) in [5, 5.41) is 10.1. The molecule has 35 heavy (non-hydrogen) atoms. The molecule has 0 spiro atoms. The van der Waals surface area contributed by atoms with E-state index in [1.807, 2.05) is 0 Å². The van der Waals surface area contributed by atoms with Gasteiger partial charge in [-0.15, -0.1) is 0 Å². The highest BCUT2D eigenvalue weighted by Crippen LogP contribution is 2.04. The Bertz CT molecular complexity index is 711. The molecule has 5 amide bonds. The number of hydrogen-bond donors (Lipinski definition) is 9. The Labute approximate surface area is 212 Å². The number of primary amides is 1. The fraction of sp³-hybridized carbons (Fsp3) is 0.762. The molecule has 0 saturated carbocycles. The number of nitrogens with two attached hydrogens (primary N) is 4. The zero-order valence-corrected chi connectivity index (χ0v) is 21.4. The fourth-order valence-corrected chi connectivity index (χ4v) is 3.24. The first-order valence-electron chi connectivity index (χ1n) is 11.8. The molecule has 13 nitrogen and oxygen atoms in total. The molecule has 0 aliphatic heterocycles. The molecule has 0 rings (SSSR count). The Morgan fingerprint density at radius 1 is 0.686 bits per heavy atom. The van der Waals surface area contributed by atoms with Crippen LogP contribution in [-0.4, -0.2) is 78.6 Å². The van der Waals surface area contributed by atoms with Crippen molar-refractivity contribution >= 4 is 42.2 Å². The van der Waals surface area contributed by atoms with E-state index in [1.165, 1.54) is 13.8 Å². The summed E-state index contributed by atoms with van der Waals surface area (Å²) in [5.41, 5.74) is 22.0. The molecule has 14 heteroatoms. The van der Waals surface area contributed by atoms with Gasteiger partial charge in [0.05, 0.1) is 6.04 Å². The molecule has 202 valence electrons. The number of unbranched alkanes of at least 4 members (excludes halogenated alkanes) is 2. The SMILES string of the molecule is C[C@H](NC(=O)[C@H](CCCCN)NC(=O)[C@H](C)NC(=O)[C@@H](N)CCCCN)C(=O)N[C@@H](CS)C(N)=O. The maximum absolute atomic E-state index is 12.8. The van der Waals surface area contributed by atoms with Gasteiger partial charge in [-0.1, -0.05) is 6.42 Å². The van der Waals surface area contributed by atoms with Gasteiger partial charge in [-0.3, -0.25) is 24.0 Å². The largest absolute Gasteiger partial charge is 0.368 e. The van der Waals surface area contributed by atoms with Gasteiger partial charge in [0, 0.05) is 5.75 Å². The topological polar surface area (TPSA) is 238 Å². The molecule has 0 aliphatic rings. The summed E-state index contributed by atoms with van der Waals surface area (Å²) in [6, 6.07) is -4.70. The van der Waals surface area contributed by atoms with Crippen LogP contribution in [0.15, 0.2) is 0 Å². The molecule has 0 radical (unpaired) electrons. The highest BCUT2D eigenvalue weighted by Gasteiger charge is 2.28. The normalized spacial score (nSPS) is 15.1. The van der Waals surface area contributed by atoms with E-state index in [0.717, 1.165) is 6.42 Å². The van der Waals surface area contributed by atoms with E-state index in [0.29, 0.717) is 38.8 Å². The van der Waals surface area contributed by atoms with E-state index < -0.39 is 59.7 Å². The zero-order chi connectivity index (χ0) is 27.0. The predicted molar refractivity (Wildman–Crippen MR) is 136 cm³/mol. The number of rotatable bonds is 18. The van der Waals surface area contributed by atoms with E-state index in [9.17, 15) is 24.0 Å². The average Bonchev–Trinajstić information content (AvgIpc) is 2.81. The Morgan fingerprint density at radius 2 is 1.14 bits per heavy atom. The van der Waals surface area contributed by atoms with E-state index >= 15 is 0 Å². The minimum absolute atomic E-state index is 0.000202. The van der Waals surface area contributed by atoms with Crippen molar-refractivity contribution in [1.82, 2.24) is 21.3 Å². The van der Waals surface area contributed by atoms with Crippen molar-refractivity contribution in [2.75, 3.05) is 18.8 Å². The van der Waals surface area contributed by atoms with Crippen LogP contribution in [0, 0.1) is 0 Å². The molecule has 5 atom stereocenters. The molecular formula is C21H42N8O5S. The van der Waals surface area contributed by atoms with Gasteiger partial charge in [0.25, 0.3) is 0 Å². The van der Waals surface area contributed by atoms with Crippen LogP contribution in [0.1, 0.15) is 52.4 Å². The van der Waals surface area contributed by atoms with Gasteiger partial charge in [-0.25, -0.2) is 0 Å². The maximum Gasteiger partial charge on any atom is 0.243 e. The van der Waals surface area contributed by atoms with Gasteiger partial charge in [-0.2, -0.15) is 12.6 Å². The van der Waals surface area contributed by atoms with Crippen LogP contribution in [0.3, 0.4) is 0 Å². The van der Waals surface area contributed by atoms with Gasteiger partial charge in [0.15, 0.2) is 0 Å². The average molecular weight is 519 g/mol. The highest BCUT2D eigenvalue weighted by atomic mass is 32.1. The molecule has 12 N–H and O–H groups in total. The zero-order valence-electron chi connectivity index (χ0n) is 20.5. The molecule has 0 fully saturated rings. The summed E-state index contributed by atoms with van der Waals surface area (Å²) in [6.45, 7) is 3.82. The van der Waals surface area contributed by atoms with Crippen molar-refractivity contribution in [3.05, 3.63) is 0 Å². The van der Waals surface area contributed by atoms with Crippen LogP contribution in [0.25, 0.3) is 0 Å². The van der Waals surface area contributed by atoms with E-state index in [2.05, 4.69) is 33.9 Å². The van der Waals surface area contributed by atoms with Crippen LogP contribution in [0.5, 0.6) is 0 Å². The molecule has 0 saturated heterocycles. The summed E-state index contributed by atoms with van der Waals surface area (Å²) in [6.07, 6.45) is 3.31. The van der Waals surface area contributed by atoms with Gasteiger partial charge < -0.3 is 44.2 Å². The third-order valence-corrected chi connectivity index (χ3v) is 5.60. The summed E-state index contributed by atoms with van der Waals surface area (Å²) in [7, 11) is 0. The number of hydrogen-bond acceptors (Lipinski definition) is 9. The Balaban J connectivity index is 5.05. The summed E-state index contributed by atoms with van der Waals surface area (Å²) in [4.78, 5) is 61.3. The van der Waals surface area contributed by atoms with Gasteiger partial charge >= 0.3 is 0 Å². The third kappa shape index (κ3) is 13.3. The quantitative estimate of drug-likeness (QED) is 0.0666. The lowest BCUT2D eigenvalue weighted by Crippen LogP contribution is -2.57. The lowest BCUT2D eigenvalue weighted by molar-refractivity contribution is -0.134. The smallest absolute Gasteiger partial charge is 0.243 e. The molecule has 0 aliphatic carbocycles. The van der Waals surface area contributed by atoms with E-state index in [-0.39, 0.29) is 12.2 Å². The van der Waals surface area contributed by atoms with Crippen molar-refractivity contribution in [3.8, 4) is 0 Å². The fourth-order valence-electron chi connectivity index (χ4n) is 2.97. The number of nitrogens with one attached hydrogen (secondary N) is 4. The Morgan fingerprint density at radius 3 is 1.60 bits per heavy atom. The molecule has 0 aromatic heterocycles. The van der Waals surface area contributed by atoms with Crippen molar-refractivity contribution < 1.29 is 24.0 Å². The predicted octanol–water partition coefficient (Wildman–Crippen LogP) is -3.03. The molecular weight excluding hydrogens is 476 g/mol. The number of amides is 5. The van der Waals surface area contributed by atoms with Crippen LogP contribution in [0.4, 0.5) is 0 Å². The van der Waals surface area contributed by atoms with Gasteiger partial charge in [0.1, 0.15) is 24.2 Å². The second-order valence-electron chi connectivity index (χ2n) is 8.34. The summed E-state index contributed by atoms with van der Waals surface area (Å²) < 4.78 is 0. The van der Waals surface area contributed by atoms with Gasteiger partial charge in [-0.05, 0) is 59.0 Å². The molecule has 0 bridgehead atoms. The van der Waals surface area contributed by atoms with Crippen LogP contribution in [0.2, 0.25) is 0 Å². The first-order valence-corrected chi connectivity index (χ1v) is 12.4. The monoisotopic (exact) mass is 518 g/mol. The molecule has 0 heterocycles. The van der Waals surface area contributed by atoms with E-state index in [4.69, 9.17) is 22.9 Å². The summed E-state index contributed by atoms with van der Waals surface area (Å²) >= 11 is 3.96. The highest BCUT2D eigenvalue weighted by molar-refractivity contribution is 7.80. The minimum atomic E-state index is -1.01. The number of carbonyl (C=O) groups is 5. The van der Waals surface area contributed by atoms with Crippen LogP contribution in [-0.2, 0) is 24.0 Å². The van der Waals surface area contributed by atoms with Crippen LogP contribution >= 0.6 is 12.6 Å². The number of carbonyl (C=O) groups excluding carboxylic acids is 5. The van der Waals surface area contributed by atoms with Gasteiger partial charge in [0.2, 0.25) is 29.5 Å². The first-order chi connectivity index (χ1) is 16.5. The minimum Gasteiger partial charge on any atom is -0.368 e. The maximum atomic E-state index is 12.8. The van der Waals surface area contributed by atoms with Crippen LogP contribution < -0.4 is 44.2 Å². The molecule has 0 unspecified atom stereocenters. The van der Waals surface area contributed by atoms with Crippen molar-refractivity contribution in [1.29, 1.82) is 0 Å². The first kappa shape index (κ1) is 32.6. The standard InChI is InChI=1S/C21H42N8O5S/c1-12(26-20(33)14(24)7-3-5-9-22)18(31)28-15(8-4-6-10-23)21(34)27-13(2)19(32)29-16(11-35)17(25)30/h12-16,35H,3-11,22-24H2,1-2H3,(H2,25,30)(H,26,33)(H,27,34)(H,28,31)(H,29,32)/t12-,13-,14-,15-,16-/m0/s1.